The zero-order chi connectivity index (χ0) is 17.2. The highest BCUT2D eigenvalue weighted by Crippen LogP contribution is 2.26. The summed E-state index contributed by atoms with van der Waals surface area (Å²) in [5, 5.41) is 0. The van der Waals surface area contributed by atoms with Crippen LogP contribution in [0.15, 0.2) is 24.3 Å². The summed E-state index contributed by atoms with van der Waals surface area (Å²) in [5.74, 6) is 1.62. The normalized spacial score (nSPS) is 15.9. The third kappa shape index (κ3) is 5.71. The predicted molar refractivity (Wildman–Crippen MR) is 93.5 cm³/mol. The highest BCUT2D eigenvalue weighted by atomic mass is 16.5. The lowest BCUT2D eigenvalue weighted by Crippen LogP contribution is -2.39. The Balaban J connectivity index is 1.71. The quantitative estimate of drug-likeness (QED) is 0.649. The topological polar surface area (TPSA) is 48.0 Å². The highest BCUT2D eigenvalue weighted by Gasteiger charge is 2.25. The van der Waals surface area contributed by atoms with Gasteiger partial charge < -0.3 is 14.2 Å². The number of hydrogen-bond acceptors (Lipinski definition) is 5. The second-order valence-electron chi connectivity index (χ2n) is 6.01. The Morgan fingerprint density at radius 2 is 1.71 bits per heavy atom. The van der Waals surface area contributed by atoms with Crippen molar-refractivity contribution in [3.63, 3.8) is 0 Å². The fraction of sp³-hybridized carbons (Fsp3) is 0.632. The molecule has 0 bridgehead atoms. The third-order valence-electron chi connectivity index (χ3n) is 4.18. The minimum absolute atomic E-state index is 0.0459. The monoisotopic (exact) mass is 335 g/mol. The fourth-order valence-corrected chi connectivity index (χ4v) is 2.84. The number of carbonyl (C=O) groups is 1. The lowest BCUT2D eigenvalue weighted by molar-refractivity contribution is -0.149. The van der Waals surface area contributed by atoms with Crippen molar-refractivity contribution < 1.29 is 19.0 Å². The summed E-state index contributed by atoms with van der Waals surface area (Å²) >= 11 is 0. The second-order valence-corrected chi connectivity index (χ2v) is 6.01. The van der Waals surface area contributed by atoms with Gasteiger partial charge in [-0.1, -0.05) is 19.1 Å². The van der Waals surface area contributed by atoms with Gasteiger partial charge >= 0.3 is 5.97 Å². The minimum atomic E-state index is -0.0459. The first kappa shape index (κ1) is 18.6. The van der Waals surface area contributed by atoms with E-state index in [2.05, 4.69) is 11.8 Å². The molecule has 0 aliphatic carbocycles. The number of nitrogens with zero attached hydrogens (tertiary/aromatic N) is 1. The summed E-state index contributed by atoms with van der Waals surface area (Å²) in [5.41, 5.74) is 0. The maximum Gasteiger partial charge on any atom is 0.309 e. The van der Waals surface area contributed by atoms with Crippen LogP contribution in [-0.2, 0) is 9.53 Å². The summed E-state index contributed by atoms with van der Waals surface area (Å²) in [6.45, 7) is 8.42. The Morgan fingerprint density at radius 3 is 2.29 bits per heavy atom. The second kappa shape index (κ2) is 10.2. The number of rotatable bonds is 9. The molecule has 0 unspecified atom stereocenters. The predicted octanol–water partition coefficient (Wildman–Crippen LogP) is 3.13. The van der Waals surface area contributed by atoms with E-state index in [9.17, 15) is 4.79 Å². The molecule has 0 N–H and O–H groups in total. The van der Waals surface area contributed by atoms with Crippen LogP contribution >= 0.6 is 0 Å². The highest BCUT2D eigenvalue weighted by molar-refractivity contribution is 5.72. The van der Waals surface area contributed by atoms with Gasteiger partial charge in [-0.25, -0.2) is 0 Å². The van der Waals surface area contributed by atoms with Gasteiger partial charge in [-0.05, 0) is 51.4 Å². The molecule has 1 aliphatic heterocycles. The minimum Gasteiger partial charge on any atom is -0.490 e. The third-order valence-corrected chi connectivity index (χ3v) is 4.18. The molecule has 0 atom stereocenters. The molecule has 1 aromatic rings. The van der Waals surface area contributed by atoms with Gasteiger partial charge in [0.15, 0.2) is 11.5 Å². The first-order chi connectivity index (χ1) is 11.7. The van der Waals surface area contributed by atoms with Crippen molar-refractivity contribution in [1.29, 1.82) is 0 Å². The van der Waals surface area contributed by atoms with Crippen LogP contribution in [0, 0.1) is 5.92 Å². The Kier molecular flexibility index (Phi) is 7.89. The van der Waals surface area contributed by atoms with Crippen LogP contribution in [0.1, 0.15) is 33.1 Å². The number of hydrogen-bond donors (Lipinski definition) is 0. The zero-order valence-electron chi connectivity index (χ0n) is 14.8. The SMILES string of the molecule is CCCOc1ccccc1OCCN1CCC(C(=O)OCC)CC1. The largest absolute Gasteiger partial charge is 0.490 e. The standard InChI is InChI=1S/C19H29NO4/c1-3-14-23-17-7-5-6-8-18(17)24-15-13-20-11-9-16(10-12-20)19(21)22-4-2/h5-8,16H,3-4,9-15H2,1-2H3. The van der Waals surface area contributed by atoms with E-state index in [1.807, 2.05) is 31.2 Å². The molecule has 1 heterocycles. The fourth-order valence-electron chi connectivity index (χ4n) is 2.84. The van der Waals surface area contributed by atoms with Crippen LogP contribution < -0.4 is 9.47 Å². The van der Waals surface area contributed by atoms with Crippen molar-refractivity contribution in [3.8, 4) is 11.5 Å². The van der Waals surface area contributed by atoms with Gasteiger partial charge in [0.2, 0.25) is 0 Å². The van der Waals surface area contributed by atoms with E-state index < -0.39 is 0 Å². The number of para-hydroxylation sites is 2. The van der Waals surface area contributed by atoms with Crippen molar-refractivity contribution in [1.82, 2.24) is 4.90 Å². The number of piperidine rings is 1. The van der Waals surface area contributed by atoms with E-state index in [4.69, 9.17) is 14.2 Å². The lowest BCUT2D eigenvalue weighted by atomic mass is 9.97. The Labute approximate surface area is 144 Å². The van der Waals surface area contributed by atoms with Gasteiger partial charge in [0.05, 0.1) is 19.1 Å². The molecule has 5 nitrogen and oxygen atoms in total. The molecule has 134 valence electrons. The average Bonchev–Trinajstić information content (AvgIpc) is 2.61. The van der Waals surface area contributed by atoms with E-state index in [-0.39, 0.29) is 11.9 Å². The van der Waals surface area contributed by atoms with Crippen LogP contribution in [0.5, 0.6) is 11.5 Å². The summed E-state index contributed by atoms with van der Waals surface area (Å²) in [4.78, 5) is 14.1. The molecule has 2 rings (SSSR count). The number of carbonyl (C=O) groups excluding carboxylic acids is 1. The van der Waals surface area contributed by atoms with Crippen molar-refractivity contribution in [3.05, 3.63) is 24.3 Å². The first-order valence-electron chi connectivity index (χ1n) is 8.98. The van der Waals surface area contributed by atoms with Crippen molar-refractivity contribution in [2.24, 2.45) is 5.92 Å². The molecule has 1 fully saturated rings. The maximum atomic E-state index is 11.7. The molecule has 0 saturated carbocycles. The number of benzene rings is 1. The number of likely N-dealkylation sites (tertiary alicyclic amines) is 1. The van der Waals surface area contributed by atoms with Gasteiger partial charge in [0.1, 0.15) is 6.61 Å². The molecule has 1 aromatic carbocycles. The average molecular weight is 335 g/mol. The van der Waals surface area contributed by atoms with Crippen molar-refractivity contribution in [2.45, 2.75) is 33.1 Å². The lowest BCUT2D eigenvalue weighted by Gasteiger charge is -2.30. The molecule has 1 aliphatic rings. The van der Waals surface area contributed by atoms with Crippen LogP contribution in [-0.4, -0.2) is 50.3 Å². The van der Waals surface area contributed by atoms with E-state index >= 15 is 0 Å². The molecule has 1 saturated heterocycles. The molecule has 5 heteroatoms. The smallest absolute Gasteiger partial charge is 0.309 e. The molecule has 0 spiro atoms. The summed E-state index contributed by atoms with van der Waals surface area (Å²) < 4.78 is 16.7. The van der Waals surface area contributed by atoms with Gasteiger partial charge in [0, 0.05) is 6.54 Å². The molecule has 0 aromatic heterocycles. The van der Waals surface area contributed by atoms with E-state index in [1.165, 1.54) is 0 Å². The molecule has 0 radical (unpaired) electrons. The van der Waals surface area contributed by atoms with Crippen molar-refractivity contribution in [2.75, 3.05) is 39.5 Å². The Morgan fingerprint density at radius 1 is 1.08 bits per heavy atom. The number of ether oxygens (including phenoxy) is 3. The first-order valence-corrected chi connectivity index (χ1v) is 8.98. The summed E-state index contributed by atoms with van der Waals surface area (Å²) in [7, 11) is 0. The summed E-state index contributed by atoms with van der Waals surface area (Å²) in [6.07, 6.45) is 2.72. The number of esters is 1. The Hall–Kier alpha value is -1.75. The Bertz CT molecular complexity index is 498. The summed E-state index contributed by atoms with van der Waals surface area (Å²) in [6, 6.07) is 7.80. The molecular weight excluding hydrogens is 306 g/mol. The van der Waals surface area contributed by atoms with E-state index in [0.717, 1.165) is 50.4 Å². The molecular formula is C19H29NO4. The van der Waals surface area contributed by atoms with Crippen LogP contribution in [0.2, 0.25) is 0 Å². The van der Waals surface area contributed by atoms with Gasteiger partial charge in [-0.15, -0.1) is 0 Å². The van der Waals surface area contributed by atoms with Crippen molar-refractivity contribution >= 4 is 5.97 Å². The van der Waals surface area contributed by atoms with Gasteiger partial charge in [-0.2, -0.15) is 0 Å². The van der Waals surface area contributed by atoms with Crippen LogP contribution in [0.4, 0.5) is 0 Å². The molecule has 24 heavy (non-hydrogen) atoms. The van der Waals surface area contributed by atoms with E-state index in [1.54, 1.807) is 0 Å². The van der Waals surface area contributed by atoms with Gasteiger partial charge in [-0.3, -0.25) is 9.69 Å². The van der Waals surface area contributed by atoms with Crippen LogP contribution in [0.25, 0.3) is 0 Å². The zero-order valence-corrected chi connectivity index (χ0v) is 14.8. The molecule has 0 amide bonds. The van der Waals surface area contributed by atoms with Gasteiger partial charge in [0.25, 0.3) is 0 Å². The van der Waals surface area contributed by atoms with Crippen LogP contribution in [0.3, 0.4) is 0 Å². The maximum absolute atomic E-state index is 11.7. The van der Waals surface area contributed by atoms with E-state index in [0.29, 0.717) is 19.8 Å².